The van der Waals surface area contributed by atoms with Crippen molar-refractivity contribution in [3.8, 4) is 0 Å². The van der Waals surface area contributed by atoms with E-state index in [1.54, 1.807) is 18.2 Å². The van der Waals surface area contributed by atoms with Gasteiger partial charge in [0.15, 0.2) is 5.96 Å². The number of nitrogens with one attached hydrogen (secondary N) is 2. The van der Waals surface area contributed by atoms with Crippen LogP contribution in [0.25, 0.3) is 0 Å². The van der Waals surface area contributed by atoms with E-state index >= 15 is 0 Å². The third-order valence-corrected chi connectivity index (χ3v) is 5.19. The first kappa shape index (κ1) is 25.7. The number of hydrogen-bond acceptors (Lipinski definition) is 4. The number of benzene rings is 1. The van der Waals surface area contributed by atoms with Gasteiger partial charge in [-0.3, -0.25) is 9.89 Å². The van der Waals surface area contributed by atoms with E-state index in [0.29, 0.717) is 40.7 Å². The van der Waals surface area contributed by atoms with Crippen molar-refractivity contribution in [3.05, 3.63) is 33.8 Å². The highest BCUT2D eigenvalue weighted by molar-refractivity contribution is 14.0. The van der Waals surface area contributed by atoms with Gasteiger partial charge in [0, 0.05) is 55.4 Å². The second kappa shape index (κ2) is 13.1. The number of halogens is 3. The molecule has 1 heterocycles. The van der Waals surface area contributed by atoms with E-state index in [4.69, 9.17) is 23.2 Å². The van der Waals surface area contributed by atoms with Gasteiger partial charge >= 0.3 is 0 Å². The molecule has 0 amide bonds. The van der Waals surface area contributed by atoms with Gasteiger partial charge in [0.05, 0.1) is 12.6 Å². The van der Waals surface area contributed by atoms with Crippen LogP contribution in [0.2, 0.25) is 10.0 Å². The summed E-state index contributed by atoms with van der Waals surface area (Å²) in [6, 6.07) is 5.47. The zero-order valence-electron chi connectivity index (χ0n) is 16.8. The number of nitrogens with zero attached hydrogens (tertiary/aromatic N) is 3. The Labute approximate surface area is 195 Å². The van der Waals surface area contributed by atoms with E-state index < -0.39 is 6.10 Å². The topological polar surface area (TPSA) is 63.1 Å². The van der Waals surface area contributed by atoms with Crippen LogP contribution < -0.4 is 10.6 Å². The molecule has 2 unspecified atom stereocenters. The molecule has 160 valence electrons. The number of likely N-dealkylation sites (N-methyl/N-ethyl adjacent to an activating group) is 1. The van der Waals surface area contributed by atoms with Gasteiger partial charge in [-0.25, -0.2) is 0 Å². The predicted molar refractivity (Wildman–Crippen MR) is 129 cm³/mol. The van der Waals surface area contributed by atoms with Crippen LogP contribution in [0.5, 0.6) is 0 Å². The van der Waals surface area contributed by atoms with Crippen molar-refractivity contribution in [1.82, 2.24) is 20.4 Å². The number of aliphatic hydroxyl groups excluding tert-OH is 1. The van der Waals surface area contributed by atoms with Crippen molar-refractivity contribution >= 4 is 53.1 Å². The molecule has 1 saturated heterocycles. The van der Waals surface area contributed by atoms with Crippen LogP contribution in [0, 0.1) is 0 Å². The average Bonchev–Trinajstić information content (AvgIpc) is 2.63. The number of aliphatic imine (C=N–C) groups is 1. The maximum absolute atomic E-state index is 10.4. The minimum absolute atomic E-state index is 0. The van der Waals surface area contributed by atoms with Gasteiger partial charge in [-0.1, -0.05) is 23.2 Å². The minimum atomic E-state index is -0.722. The molecule has 1 fully saturated rings. The summed E-state index contributed by atoms with van der Waals surface area (Å²) in [5.74, 6) is 0.700. The van der Waals surface area contributed by atoms with Crippen LogP contribution in [-0.4, -0.2) is 79.8 Å². The molecular weight excluding hydrogens is 512 g/mol. The highest BCUT2D eigenvalue weighted by Crippen LogP contribution is 2.23. The molecule has 1 aliphatic rings. The summed E-state index contributed by atoms with van der Waals surface area (Å²) in [5.41, 5.74) is 0.682. The molecule has 9 heteroatoms. The second-order valence-electron chi connectivity index (χ2n) is 7.01. The lowest BCUT2D eigenvalue weighted by Gasteiger charge is -2.35. The molecule has 0 aromatic heterocycles. The maximum atomic E-state index is 10.4. The fraction of sp³-hybridized carbons (Fsp3) is 0.632. The number of piperazine rings is 1. The molecule has 3 N–H and O–H groups in total. The SMILES string of the molecule is CCNC(=NCC(C)N1CCN(C)CC1)NCC(O)c1cc(Cl)cc(Cl)c1.I. The van der Waals surface area contributed by atoms with Crippen molar-refractivity contribution in [2.24, 2.45) is 4.99 Å². The van der Waals surface area contributed by atoms with Crippen LogP contribution >= 0.6 is 47.2 Å². The molecule has 0 radical (unpaired) electrons. The van der Waals surface area contributed by atoms with Gasteiger partial charge in [0.1, 0.15) is 0 Å². The largest absolute Gasteiger partial charge is 0.387 e. The van der Waals surface area contributed by atoms with Crippen molar-refractivity contribution in [2.45, 2.75) is 26.0 Å². The Morgan fingerprint density at radius 2 is 1.75 bits per heavy atom. The molecule has 1 aliphatic heterocycles. The molecule has 1 aromatic rings. The zero-order chi connectivity index (χ0) is 19.8. The van der Waals surface area contributed by atoms with E-state index in [1.165, 1.54) is 0 Å². The fourth-order valence-corrected chi connectivity index (χ4v) is 3.56. The summed E-state index contributed by atoms with van der Waals surface area (Å²) < 4.78 is 0. The lowest BCUT2D eigenvalue weighted by atomic mass is 10.1. The Bertz CT molecular complexity index is 606. The lowest BCUT2D eigenvalue weighted by molar-refractivity contribution is 0.122. The van der Waals surface area contributed by atoms with Crippen LogP contribution in [0.1, 0.15) is 25.5 Å². The second-order valence-corrected chi connectivity index (χ2v) is 7.88. The first-order valence-corrected chi connectivity index (χ1v) is 10.2. The van der Waals surface area contributed by atoms with Crippen LogP contribution in [0.3, 0.4) is 0 Å². The monoisotopic (exact) mass is 543 g/mol. The number of hydrogen-bond donors (Lipinski definition) is 3. The highest BCUT2D eigenvalue weighted by Gasteiger charge is 2.19. The molecule has 1 aromatic carbocycles. The third kappa shape index (κ3) is 8.59. The Kier molecular flexibility index (Phi) is 12.0. The van der Waals surface area contributed by atoms with E-state index in [-0.39, 0.29) is 24.0 Å². The zero-order valence-corrected chi connectivity index (χ0v) is 20.6. The van der Waals surface area contributed by atoms with Gasteiger partial charge in [-0.2, -0.15) is 0 Å². The number of guanidine groups is 1. The molecule has 0 saturated carbocycles. The van der Waals surface area contributed by atoms with Gasteiger partial charge < -0.3 is 20.6 Å². The summed E-state index contributed by atoms with van der Waals surface area (Å²) in [7, 11) is 2.16. The first-order valence-electron chi connectivity index (χ1n) is 9.48. The van der Waals surface area contributed by atoms with Crippen molar-refractivity contribution in [1.29, 1.82) is 0 Å². The standard InChI is InChI=1S/C19H31Cl2N5O.HI/c1-4-22-19(23-12-14(2)26-7-5-25(3)6-8-26)24-13-18(27)15-9-16(20)11-17(21)10-15;/h9-11,14,18,27H,4-8,12-13H2,1-3H3,(H2,22,23,24);1H. The maximum Gasteiger partial charge on any atom is 0.191 e. The van der Waals surface area contributed by atoms with Crippen LogP contribution in [0.4, 0.5) is 0 Å². The normalized spacial score (nSPS) is 18.3. The van der Waals surface area contributed by atoms with Crippen LogP contribution in [-0.2, 0) is 0 Å². The molecule has 0 bridgehead atoms. The van der Waals surface area contributed by atoms with Gasteiger partial charge in [0.2, 0.25) is 0 Å². The lowest BCUT2D eigenvalue weighted by Crippen LogP contribution is -2.49. The summed E-state index contributed by atoms with van der Waals surface area (Å²) in [6.45, 7) is 10.4. The first-order chi connectivity index (χ1) is 12.9. The van der Waals surface area contributed by atoms with E-state index in [1.807, 2.05) is 6.92 Å². The molecule has 28 heavy (non-hydrogen) atoms. The molecule has 0 aliphatic carbocycles. The Hall–Kier alpha value is -0.320. The smallest absolute Gasteiger partial charge is 0.191 e. The Morgan fingerprint density at radius 3 is 2.32 bits per heavy atom. The van der Waals surface area contributed by atoms with Gasteiger partial charge in [0.25, 0.3) is 0 Å². The predicted octanol–water partition coefficient (Wildman–Crippen LogP) is 2.84. The quantitative estimate of drug-likeness (QED) is 0.280. The third-order valence-electron chi connectivity index (χ3n) is 4.75. The Morgan fingerprint density at radius 1 is 1.14 bits per heavy atom. The molecule has 2 rings (SSSR count). The summed E-state index contributed by atoms with van der Waals surface area (Å²) >= 11 is 12.0. The van der Waals surface area contributed by atoms with Crippen LogP contribution in [0.15, 0.2) is 23.2 Å². The Balaban J connectivity index is 0.00000392. The van der Waals surface area contributed by atoms with Crippen molar-refractivity contribution in [3.63, 3.8) is 0 Å². The fourth-order valence-electron chi connectivity index (χ4n) is 3.02. The molecular formula is C19H32Cl2IN5O. The van der Waals surface area contributed by atoms with E-state index in [9.17, 15) is 5.11 Å². The molecule has 6 nitrogen and oxygen atoms in total. The van der Waals surface area contributed by atoms with Gasteiger partial charge in [-0.05, 0) is 44.7 Å². The average molecular weight is 544 g/mol. The molecule has 0 spiro atoms. The van der Waals surface area contributed by atoms with E-state index in [0.717, 1.165) is 32.7 Å². The number of rotatable bonds is 7. The summed E-state index contributed by atoms with van der Waals surface area (Å²) in [6.07, 6.45) is -0.722. The van der Waals surface area contributed by atoms with E-state index in [2.05, 4.69) is 39.4 Å². The number of aliphatic hydroxyl groups is 1. The minimum Gasteiger partial charge on any atom is -0.387 e. The highest BCUT2D eigenvalue weighted by atomic mass is 127. The molecule has 2 atom stereocenters. The van der Waals surface area contributed by atoms with Crippen molar-refractivity contribution < 1.29 is 5.11 Å². The van der Waals surface area contributed by atoms with Gasteiger partial charge in [-0.15, -0.1) is 24.0 Å². The van der Waals surface area contributed by atoms with Crippen molar-refractivity contribution in [2.75, 3.05) is 52.9 Å². The summed E-state index contributed by atoms with van der Waals surface area (Å²) in [4.78, 5) is 9.50. The summed E-state index contributed by atoms with van der Waals surface area (Å²) in [5, 5.41) is 17.9.